The van der Waals surface area contributed by atoms with Gasteiger partial charge in [-0.1, -0.05) is 17.7 Å². The molecule has 0 amide bonds. The minimum atomic E-state index is -0.469. The molecule has 9 heteroatoms. The van der Waals surface area contributed by atoms with Crippen LogP contribution in [0.3, 0.4) is 0 Å². The third kappa shape index (κ3) is 4.47. The molecule has 1 aromatic carbocycles. The summed E-state index contributed by atoms with van der Waals surface area (Å²) in [7, 11) is 1.38. The second kappa shape index (κ2) is 9.67. The van der Waals surface area contributed by atoms with Crippen LogP contribution >= 0.6 is 23.8 Å². The Labute approximate surface area is 196 Å². The predicted molar refractivity (Wildman–Crippen MR) is 124 cm³/mol. The number of thiocarbonyl (C=S) groups is 1. The van der Waals surface area contributed by atoms with Gasteiger partial charge in [-0.3, -0.25) is 9.78 Å². The largest absolute Gasteiger partial charge is 0.469 e. The van der Waals surface area contributed by atoms with Gasteiger partial charge in [-0.2, -0.15) is 0 Å². The molecule has 6 nitrogen and oxygen atoms in total. The van der Waals surface area contributed by atoms with Gasteiger partial charge in [0.25, 0.3) is 0 Å². The number of carbonyl (C=O) groups is 1. The number of hydrogen-bond donors (Lipinski definition) is 1. The fourth-order valence-corrected chi connectivity index (χ4v) is 4.48. The van der Waals surface area contributed by atoms with Crippen LogP contribution in [-0.2, 0) is 9.53 Å². The van der Waals surface area contributed by atoms with Crippen molar-refractivity contribution in [3.05, 3.63) is 83.2 Å². The van der Waals surface area contributed by atoms with Crippen LogP contribution in [0.5, 0.6) is 0 Å². The molecular formula is C23H22ClFN4O2S. The molecular weight excluding hydrogens is 451 g/mol. The summed E-state index contributed by atoms with van der Waals surface area (Å²) < 4.78 is 20.5. The Kier molecular flexibility index (Phi) is 6.72. The Morgan fingerprint density at radius 2 is 2.12 bits per heavy atom. The highest BCUT2D eigenvalue weighted by Gasteiger charge is 2.41. The van der Waals surface area contributed by atoms with Gasteiger partial charge in [-0.05, 0) is 61.1 Å². The minimum Gasteiger partial charge on any atom is -0.469 e. The van der Waals surface area contributed by atoms with E-state index in [4.69, 9.17) is 28.6 Å². The van der Waals surface area contributed by atoms with Crippen molar-refractivity contribution in [1.82, 2.24) is 19.8 Å². The molecule has 1 saturated heterocycles. The maximum absolute atomic E-state index is 13.7. The van der Waals surface area contributed by atoms with Crippen molar-refractivity contribution in [2.45, 2.75) is 24.9 Å². The number of esters is 1. The van der Waals surface area contributed by atoms with Crippen molar-refractivity contribution in [3.8, 4) is 5.69 Å². The average molecular weight is 473 g/mol. The summed E-state index contributed by atoms with van der Waals surface area (Å²) in [6.45, 7) is 0.560. The molecule has 0 bridgehead atoms. The molecule has 1 aliphatic heterocycles. The first-order chi connectivity index (χ1) is 15.5. The number of nitrogens with one attached hydrogen (secondary N) is 1. The Morgan fingerprint density at radius 1 is 1.28 bits per heavy atom. The van der Waals surface area contributed by atoms with Crippen molar-refractivity contribution >= 4 is 34.9 Å². The number of aromatic nitrogens is 2. The molecule has 0 aliphatic carbocycles. The summed E-state index contributed by atoms with van der Waals surface area (Å²) in [5, 5.41) is 4.03. The molecule has 3 aromatic rings. The van der Waals surface area contributed by atoms with Crippen molar-refractivity contribution in [2.24, 2.45) is 0 Å². The summed E-state index contributed by atoms with van der Waals surface area (Å²) >= 11 is 11.7. The maximum Gasteiger partial charge on any atom is 0.305 e. The molecule has 2 aromatic heterocycles. The van der Waals surface area contributed by atoms with Gasteiger partial charge < -0.3 is 19.5 Å². The molecule has 0 spiro atoms. The molecule has 1 N–H and O–H groups in total. The van der Waals surface area contributed by atoms with Gasteiger partial charge in [0.15, 0.2) is 5.11 Å². The van der Waals surface area contributed by atoms with Gasteiger partial charge in [-0.25, -0.2) is 4.39 Å². The quantitative estimate of drug-likeness (QED) is 0.401. The highest BCUT2D eigenvalue weighted by atomic mass is 35.5. The molecule has 1 aliphatic rings. The summed E-state index contributed by atoms with van der Waals surface area (Å²) in [6.07, 6.45) is 4.53. The molecule has 1 fully saturated rings. The average Bonchev–Trinajstić information content (AvgIpc) is 3.40. The number of hydrogen-bond acceptors (Lipinski definition) is 4. The smallest absolute Gasteiger partial charge is 0.305 e. The van der Waals surface area contributed by atoms with Gasteiger partial charge >= 0.3 is 5.97 Å². The minimum absolute atomic E-state index is 0.0541. The molecule has 0 unspecified atom stereocenters. The number of pyridine rings is 1. The number of methoxy groups -OCH3 is 1. The van der Waals surface area contributed by atoms with Gasteiger partial charge in [0.1, 0.15) is 5.82 Å². The summed E-state index contributed by atoms with van der Waals surface area (Å²) in [5.74, 6) is -0.728. The zero-order valence-corrected chi connectivity index (χ0v) is 18.9. The van der Waals surface area contributed by atoms with Crippen LogP contribution in [0.15, 0.2) is 60.9 Å². The third-order valence-electron chi connectivity index (χ3n) is 5.47. The fraction of sp³-hybridized carbons (Fsp3) is 0.261. The van der Waals surface area contributed by atoms with Crippen LogP contribution in [0.2, 0.25) is 5.02 Å². The second-order valence-electron chi connectivity index (χ2n) is 7.40. The number of nitrogens with zero attached hydrogens (tertiary/aromatic N) is 3. The number of benzene rings is 1. The van der Waals surface area contributed by atoms with E-state index in [0.29, 0.717) is 24.5 Å². The van der Waals surface area contributed by atoms with Gasteiger partial charge in [0.05, 0.1) is 29.9 Å². The standard InChI is InChI=1S/C23H22ClFN4O2S/c1-31-20(30)8-5-13-29-22(21(27-23(29)32)18-6-2-3-11-26-18)19-7-4-12-28(19)15-9-10-17(25)16(24)14-15/h2-4,6-7,9-12,14,21-22H,5,8,13H2,1H3,(H,27,32)/t21-,22-/m0/s1. The zero-order chi connectivity index (χ0) is 22.7. The molecule has 4 rings (SSSR count). The van der Waals surface area contributed by atoms with E-state index in [-0.39, 0.29) is 23.1 Å². The van der Waals surface area contributed by atoms with E-state index in [0.717, 1.165) is 17.1 Å². The van der Waals surface area contributed by atoms with E-state index in [1.54, 1.807) is 18.3 Å². The van der Waals surface area contributed by atoms with Crippen LogP contribution in [0.1, 0.15) is 36.3 Å². The first-order valence-corrected chi connectivity index (χ1v) is 11.0. The van der Waals surface area contributed by atoms with Crippen LogP contribution in [0.4, 0.5) is 4.39 Å². The van der Waals surface area contributed by atoms with Crippen molar-refractivity contribution in [2.75, 3.05) is 13.7 Å². The van der Waals surface area contributed by atoms with E-state index in [1.165, 1.54) is 13.2 Å². The van der Waals surface area contributed by atoms with E-state index in [1.807, 2.05) is 41.1 Å². The SMILES string of the molecule is COC(=O)CCCN1C(=S)N[C@@H](c2ccccn2)[C@@H]1c1cccn1-c1ccc(F)c(Cl)c1. The van der Waals surface area contributed by atoms with Crippen LogP contribution in [0, 0.1) is 5.82 Å². The number of carbonyl (C=O) groups excluding carboxylic acids is 1. The van der Waals surface area contributed by atoms with Gasteiger partial charge in [0, 0.05) is 36.7 Å². The zero-order valence-electron chi connectivity index (χ0n) is 17.4. The first-order valence-electron chi connectivity index (χ1n) is 10.2. The number of rotatable bonds is 7. The Balaban J connectivity index is 1.72. The molecule has 0 saturated carbocycles. The second-order valence-corrected chi connectivity index (χ2v) is 8.20. The summed E-state index contributed by atoms with van der Waals surface area (Å²) in [5.41, 5.74) is 2.53. The van der Waals surface area contributed by atoms with E-state index < -0.39 is 5.82 Å². The number of ether oxygens (including phenoxy) is 1. The fourth-order valence-electron chi connectivity index (χ4n) is 3.97. The number of halogens is 2. The van der Waals surface area contributed by atoms with Gasteiger partial charge in [0.2, 0.25) is 0 Å². The molecule has 0 radical (unpaired) electrons. The highest BCUT2D eigenvalue weighted by Crippen LogP contribution is 2.39. The van der Waals surface area contributed by atoms with E-state index >= 15 is 0 Å². The highest BCUT2D eigenvalue weighted by molar-refractivity contribution is 7.80. The lowest BCUT2D eigenvalue weighted by molar-refractivity contribution is -0.140. The topological polar surface area (TPSA) is 59.4 Å². The normalized spacial score (nSPS) is 18.0. The van der Waals surface area contributed by atoms with Crippen LogP contribution < -0.4 is 5.32 Å². The van der Waals surface area contributed by atoms with Crippen LogP contribution in [-0.4, -0.2) is 39.2 Å². The Hall–Kier alpha value is -2.97. The molecule has 2 atom stereocenters. The summed E-state index contributed by atoms with van der Waals surface area (Å²) in [6, 6.07) is 13.9. The lowest BCUT2D eigenvalue weighted by atomic mass is 10.0. The molecule has 166 valence electrons. The van der Waals surface area contributed by atoms with Crippen molar-refractivity contribution in [3.63, 3.8) is 0 Å². The lowest BCUT2D eigenvalue weighted by Crippen LogP contribution is -2.31. The Morgan fingerprint density at radius 3 is 2.84 bits per heavy atom. The molecule has 32 heavy (non-hydrogen) atoms. The van der Waals surface area contributed by atoms with Crippen molar-refractivity contribution in [1.29, 1.82) is 0 Å². The van der Waals surface area contributed by atoms with E-state index in [9.17, 15) is 9.18 Å². The lowest BCUT2D eigenvalue weighted by Gasteiger charge is -2.29. The first kappa shape index (κ1) is 22.2. The third-order valence-corrected chi connectivity index (χ3v) is 6.11. The van der Waals surface area contributed by atoms with Crippen molar-refractivity contribution < 1.29 is 13.9 Å². The van der Waals surface area contributed by atoms with Gasteiger partial charge in [-0.15, -0.1) is 0 Å². The van der Waals surface area contributed by atoms with Crippen LogP contribution in [0.25, 0.3) is 5.69 Å². The van der Waals surface area contributed by atoms with E-state index in [2.05, 4.69) is 15.2 Å². The predicted octanol–water partition coefficient (Wildman–Crippen LogP) is 4.59. The maximum atomic E-state index is 13.7. The summed E-state index contributed by atoms with van der Waals surface area (Å²) in [4.78, 5) is 18.2. The Bertz CT molecular complexity index is 1120. The monoisotopic (exact) mass is 472 g/mol. The molecule has 3 heterocycles.